The maximum atomic E-state index is 11.4. The summed E-state index contributed by atoms with van der Waals surface area (Å²) in [5.74, 6) is -1.57. The summed E-state index contributed by atoms with van der Waals surface area (Å²) in [6.07, 6.45) is -0.0311. The van der Waals surface area contributed by atoms with Crippen molar-refractivity contribution in [1.29, 1.82) is 0 Å². The molecule has 1 atom stereocenters. The van der Waals surface area contributed by atoms with Gasteiger partial charge in [0.2, 0.25) is 5.91 Å². The van der Waals surface area contributed by atoms with Crippen molar-refractivity contribution >= 4 is 11.9 Å². The number of ether oxygens (including phenoxy) is 1. The van der Waals surface area contributed by atoms with Crippen LogP contribution in [0.15, 0.2) is 30.3 Å². The van der Waals surface area contributed by atoms with E-state index in [9.17, 15) is 9.59 Å². The van der Waals surface area contributed by atoms with Crippen molar-refractivity contribution in [3.05, 3.63) is 35.9 Å². The fraction of sp³-hybridized carbons (Fsp3) is 0.273. The van der Waals surface area contributed by atoms with Crippen LogP contribution in [0.25, 0.3) is 0 Å². The zero-order chi connectivity index (χ0) is 11.3. The summed E-state index contributed by atoms with van der Waals surface area (Å²) >= 11 is 0. The summed E-state index contributed by atoms with van der Waals surface area (Å²) < 4.78 is 4.62. The first-order chi connectivity index (χ1) is 7.15. The Labute approximate surface area is 88.0 Å². The van der Waals surface area contributed by atoms with Crippen molar-refractivity contribution in [1.82, 2.24) is 0 Å². The van der Waals surface area contributed by atoms with Crippen molar-refractivity contribution in [2.45, 2.75) is 12.3 Å². The lowest BCUT2D eigenvalue weighted by Gasteiger charge is -2.12. The van der Waals surface area contributed by atoms with E-state index in [2.05, 4.69) is 4.74 Å². The van der Waals surface area contributed by atoms with E-state index in [0.717, 1.165) is 5.56 Å². The van der Waals surface area contributed by atoms with Gasteiger partial charge in [0.15, 0.2) is 0 Å². The molecule has 1 aromatic carbocycles. The third-order valence-electron chi connectivity index (χ3n) is 2.09. The molecule has 0 saturated heterocycles. The predicted octanol–water partition coefficient (Wildman–Crippen LogP) is 0.819. The third-order valence-corrected chi connectivity index (χ3v) is 2.09. The van der Waals surface area contributed by atoms with Crippen LogP contribution in [-0.2, 0) is 14.3 Å². The van der Waals surface area contributed by atoms with E-state index in [1.54, 1.807) is 24.3 Å². The topological polar surface area (TPSA) is 69.4 Å². The van der Waals surface area contributed by atoms with Crippen LogP contribution in [0.4, 0.5) is 0 Å². The molecule has 0 spiro atoms. The van der Waals surface area contributed by atoms with Crippen LogP contribution >= 0.6 is 0 Å². The Morgan fingerprint density at radius 2 is 1.93 bits per heavy atom. The molecule has 4 heteroatoms. The molecule has 0 aliphatic heterocycles. The van der Waals surface area contributed by atoms with Gasteiger partial charge in [-0.25, -0.2) is 0 Å². The molecule has 0 bridgehead atoms. The number of hydrogen-bond acceptors (Lipinski definition) is 3. The molecule has 80 valence electrons. The van der Waals surface area contributed by atoms with Crippen LogP contribution in [0.1, 0.15) is 17.9 Å². The number of esters is 1. The van der Waals surface area contributed by atoms with Gasteiger partial charge in [0.25, 0.3) is 0 Å². The highest BCUT2D eigenvalue weighted by molar-refractivity contribution is 5.85. The SMILES string of the molecule is COC(=O)C(CC(N)=O)c1ccccc1. The van der Waals surface area contributed by atoms with Gasteiger partial charge in [-0.3, -0.25) is 9.59 Å². The summed E-state index contributed by atoms with van der Waals surface area (Å²) in [5, 5.41) is 0. The maximum Gasteiger partial charge on any atom is 0.313 e. The largest absolute Gasteiger partial charge is 0.469 e. The average molecular weight is 207 g/mol. The molecule has 1 unspecified atom stereocenters. The third kappa shape index (κ3) is 3.09. The summed E-state index contributed by atoms with van der Waals surface area (Å²) in [7, 11) is 1.29. The molecule has 0 aromatic heterocycles. The Hall–Kier alpha value is -1.84. The lowest BCUT2D eigenvalue weighted by molar-refractivity contribution is -0.143. The number of carbonyl (C=O) groups is 2. The number of benzene rings is 1. The molecule has 1 aromatic rings. The summed E-state index contributed by atoms with van der Waals surface area (Å²) in [4.78, 5) is 22.2. The van der Waals surface area contributed by atoms with Gasteiger partial charge in [-0.15, -0.1) is 0 Å². The van der Waals surface area contributed by atoms with E-state index in [4.69, 9.17) is 5.73 Å². The van der Waals surface area contributed by atoms with Crippen LogP contribution in [-0.4, -0.2) is 19.0 Å². The zero-order valence-corrected chi connectivity index (χ0v) is 8.47. The fourth-order valence-electron chi connectivity index (χ4n) is 1.37. The van der Waals surface area contributed by atoms with E-state index >= 15 is 0 Å². The molecular weight excluding hydrogens is 194 g/mol. The predicted molar refractivity (Wildman–Crippen MR) is 55.0 cm³/mol. The van der Waals surface area contributed by atoms with Gasteiger partial charge in [0.05, 0.1) is 13.0 Å². The standard InChI is InChI=1S/C11H13NO3/c1-15-11(14)9(7-10(12)13)8-5-3-2-4-6-8/h2-6,9H,7H2,1H3,(H2,12,13). The molecule has 4 nitrogen and oxygen atoms in total. The monoisotopic (exact) mass is 207 g/mol. The van der Waals surface area contributed by atoms with E-state index in [1.165, 1.54) is 7.11 Å². The second-order valence-corrected chi connectivity index (χ2v) is 3.16. The normalized spacial score (nSPS) is 11.8. The van der Waals surface area contributed by atoms with Gasteiger partial charge >= 0.3 is 5.97 Å². The lowest BCUT2D eigenvalue weighted by atomic mass is 9.96. The smallest absolute Gasteiger partial charge is 0.313 e. The highest BCUT2D eigenvalue weighted by Crippen LogP contribution is 2.20. The van der Waals surface area contributed by atoms with Crippen LogP contribution in [0.5, 0.6) is 0 Å². The molecule has 1 rings (SSSR count). The number of rotatable bonds is 4. The molecule has 15 heavy (non-hydrogen) atoms. The van der Waals surface area contributed by atoms with Gasteiger partial charge in [-0.2, -0.15) is 0 Å². The number of carbonyl (C=O) groups excluding carboxylic acids is 2. The second-order valence-electron chi connectivity index (χ2n) is 3.16. The average Bonchev–Trinajstić information content (AvgIpc) is 2.26. The molecule has 0 heterocycles. The van der Waals surface area contributed by atoms with Gasteiger partial charge in [0.1, 0.15) is 0 Å². The first kappa shape index (κ1) is 11.2. The van der Waals surface area contributed by atoms with E-state index in [0.29, 0.717) is 0 Å². The van der Waals surface area contributed by atoms with Crippen molar-refractivity contribution in [3.63, 3.8) is 0 Å². The highest BCUT2D eigenvalue weighted by atomic mass is 16.5. The Bertz CT molecular complexity index is 348. The van der Waals surface area contributed by atoms with Crippen LogP contribution in [0.2, 0.25) is 0 Å². The Morgan fingerprint density at radius 1 is 1.33 bits per heavy atom. The molecule has 1 amide bonds. The minimum absolute atomic E-state index is 0.0311. The minimum Gasteiger partial charge on any atom is -0.469 e. The quantitative estimate of drug-likeness (QED) is 0.743. The van der Waals surface area contributed by atoms with Gasteiger partial charge in [-0.1, -0.05) is 30.3 Å². The van der Waals surface area contributed by atoms with Crippen molar-refractivity contribution in [2.24, 2.45) is 5.73 Å². The highest BCUT2D eigenvalue weighted by Gasteiger charge is 2.23. The Kier molecular flexibility index (Phi) is 3.85. The van der Waals surface area contributed by atoms with Gasteiger partial charge < -0.3 is 10.5 Å². The van der Waals surface area contributed by atoms with Crippen LogP contribution in [0, 0.1) is 0 Å². The first-order valence-corrected chi connectivity index (χ1v) is 4.56. The number of nitrogens with two attached hydrogens (primary N) is 1. The molecular formula is C11H13NO3. The molecule has 0 radical (unpaired) electrons. The van der Waals surface area contributed by atoms with Crippen molar-refractivity contribution in [2.75, 3.05) is 7.11 Å². The van der Waals surface area contributed by atoms with E-state index in [1.807, 2.05) is 6.07 Å². The van der Waals surface area contributed by atoms with Gasteiger partial charge in [0, 0.05) is 6.42 Å². The van der Waals surface area contributed by atoms with Crippen molar-refractivity contribution in [3.8, 4) is 0 Å². The number of amides is 1. The van der Waals surface area contributed by atoms with E-state index in [-0.39, 0.29) is 6.42 Å². The molecule has 0 saturated carbocycles. The maximum absolute atomic E-state index is 11.4. The molecule has 2 N–H and O–H groups in total. The van der Waals surface area contributed by atoms with Crippen LogP contribution < -0.4 is 5.73 Å². The number of primary amides is 1. The van der Waals surface area contributed by atoms with Crippen LogP contribution in [0.3, 0.4) is 0 Å². The molecule has 0 aliphatic rings. The number of methoxy groups -OCH3 is 1. The fourth-order valence-corrected chi connectivity index (χ4v) is 1.37. The number of hydrogen-bond donors (Lipinski definition) is 1. The summed E-state index contributed by atoms with van der Waals surface area (Å²) in [6, 6.07) is 8.97. The second kappa shape index (κ2) is 5.14. The van der Waals surface area contributed by atoms with Crippen molar-refractivity contribution < 1.29 is 14.3 Å². The molecule has 0 aliphatic carbocycles. The Balaban J connectivity index is 2.91. The minimum atomic E-state index is -0.603. The summed E-state index contributed by atoms with van der Waals surface area (Å²) in [6.45, 7) is 0. The lowest BCUT2D eigenvalue weighted by Crippen LogP contribution is -2.22. The van der Waals surface area contributed by atoms with Gasteiger partial charge in [-0.05, 0) is 5.56 Å². The van der Waals surface area contributed by atoms with E-state index < -0.39 is 17.8 Å². The Morgan fingerprint density at radius 3 is 2.40 bits per heavy atom. The first-order valence-electron chi connectivity index (χ1n) is 4.56. The molecule has 0 fully saturated rings. The summed E-state index contributed by atoms with van der Waals surface area (Å²) in [5.41, 5.74) is 5.82. The zero-order valence-electron chi connectivity index (χ0n) is 8.47.